The Bertz CT molecular complexity index is 311. The lowest BCUT2D eigenvalue weighted by Gasteiger charge is -2.19. The minimum absolute atomic E-state index is 0.0787. The Kier molecular flexibility index (Phi) is 4.39. The summed E-state index contributed by atoms with van der Waals surface area (Å²) in [7, 11) is 3.25. The van der Waals surface area contributed by atoms with E-state index < -0.39 is 0 Å². The minimum Gasteiger partial charge on any atom is -0.493 e. The molecule has 0 radical (unpaired) electrons. The Hall–Kier alpha value is -1.26. The van der Waals surface area contributed by atoms with Crippen LogP contribution in [0.4, 0.5) is 0 Å². The summed E-state index contributed by atoms with van der Waals surface area (Å²) in [6.07, 6.45) is 0.889. The van der Waals surface area contributed by atoms with Gasteiger partial charge in [0.25, 0.3) is 0 Å². The summed E-state index contributed by atoms with van der Waals surface area (Å²) in [5.74, 6) is 6.95. The zero-order valence-electron chi connectivity index (χ0n) is 9.41. The van der Waals surface area contributed by atoms with Gasteiger partial charge in [-0.15, -0.1) is 0 Å². The molecule has 1 aromatic rings. The summed E-state index contributed by atoms with van der Waals surface area (Å²) >= 11 is 0. The highest BCUT2D eigenvalue weighted by molar-refractivity contribution is 5.48. The van der Waals surface area contributed by atoms with Crippen LogP contribution >= 0.6 is 0 Å². The van der Waals surface area contributed by atoms with Crippen molar-refractivity contribution in [1.82, 2.24) is 5.43 Å². The maximum Gasteiger partial charge on any atom is 0.165 e. The molecular formula is C11H18N2O2. The topological polar surface area (TPSA) is 56.5 Å². The predicted molar refractivity (Wildman–Crippen MR) is 59.9 cm³/mol. The first-order valence-electron chi connectivity index (χ1n) is 4.95. The van der Waals surface area contributed by atoms with Gasteiger partial charge in [-0.2, -0.15) is 0 Å². The standard InChI is InChI=1S/C11H18N2O2/c1-4-9(13-12)8-6-5-7-10(14-2)11(8)15-3/h5-7,9,13H,4,12H2,1-3H3. The lowest BCUT2D eigenvalue weighted by Crippen LogP contribution is -2.27. The van der Waals surface area contributed by atoms with Gasteiger partial charge in [0.15, 0.2) is 11.5 Å². The molecule has 4 nitrogen and oxygen atoms in total. The van der Waals surface area contributed by atoms with Crippen LogP contribution < -0.4 is 20.7 Å². The van der Waals surface area contributed by atoms with Crippen molar-refractivity contribution in [2.24, 2.45) is 5.84 Å². The molecule has 0 aliphatic rings. The number of hydrogen-bond donors (Lipinski definition) is 2. The zero-order chi connectivity index (χ0) is 11.3. The zero-order valence-corrected chi connectivity index (χ0v) is 9.41. The Labute approximate surface area is 90.3 Å². The number of nitrogens with two attached hydrogens (primary N) is 1. The third-order valence-corrected chi connectivity index (χ3v) is 2.42. The number of ether oxygens (including phenoxy) is 2. The molecule has 0 aliphatic carbocycles. The van der Waals surface area contributed by atoms with Gasteiger partial charge in [0, 0.05) is 11.6 Å². The minimum atomic E-state index is 0.0787. The van der Waals surface area contributed by atoms with Crippen molar-refractivity contribution in [3.05, 3.63) is 23.8 Å². The molecular weight excluding hydrogens is 192 g/mol. The third-order valence-electron chi connectivity index (χ3n) is 2.42. The molecule has 84 valence electrons. The summed E-state index contributed by atoms with van der Waals surface area (Å²) < 4.78 is 10.6. The molecule has 0 saturated carbocycles. The van der Waals surface area contributed by atoms with Crippen LogP contribution in [0.5, 0.6) is 11.5 Å². The maximum atomic E-state index is 5.48. The number of para-hydroxylation sites is 1. The summed E-state index contributed by atoms with van der Waals surface area (Å²) in [6, 6.07) is 5.85. The quantitative estimate of drug-likeness (QED) is 0.572. The van der Waals surface area contributed by atoms with Crippen molar-refractivity contribution in [2.45, 2.75) is 19.4 Å². The lowest BCUT2D eigenvalue weighted by atomic mass is 10.0. The largest absolute Gasteiger partial charge is 0.493 e. The molecule has 0 aromatic heterocycles. The summed E-state index contributed by atoms with van der Waals surface area (Å²) in [5, 5.41) is 0. The van der Waals surface area contributed by atoms with Gasteiger partial charge in [0.05, 0.1) is 14.2 Å². The van der Waals surface area contributed by atoms with E-state index in [-0.39, 0.29) is 6.04 Å². The van der Waals surface area contributed by atoms with E-state index in [1.165, 1.54) is 0 Å². The molecule has 1 unspecified atom stereocenters. The average molecular weight is 210 g/mol. The van der Waals surface area contributed by atoms with E-state index in [0.717, 1.165) is 23.5 Å². The highest BCUT2D eigenvalue weighted by Gasteiger charge is 2.16. The Balaban J connectivity index is 3.15. The number of rotatable bonds is 5. The molecule has 0 heterocycles. The van der Waals surface area contributed by atoms with Crippen LogP contribution in [-0.4, -0.2) is 14.2 Å². The molecule has 4 heteroatoms. The van der Waals surface area contributed by atoms with Crippen molar-refractivity contribution < 1.29 is 9.47 Å². The average Bonchev–Trinajstić information content (AvgIpc) is 2.30. The van der Waals surface area contributed by atoms with E-state index in [1.54, 1.807) is 14.2 Å². The number of hydrazine groups is 1. The van der Waals surface area contributed by atoms with E-state index in [4.69, 9.17) is 15.3 Å². The Morgan fingerprint density at radius 3 is 2.53 bits per heavy atom. The number of benzene rings is 1. The van der Waals surface area contributed by atoms with Crippen LogP contribution in [0, 0.1) is 0 Å². The van der Waals surface area contributed by atoms with Gasteiger partial charge < -0.3 is 9.47 Å². The van der Waals surface area contributed by atoms with E-state index in [0.29, 0.717) is 0 Å². The van der Waals surface area contributed by atoms with Crippen LogP contribution in [-0.2, 0) is 0 Å². The highest BCUT2D eigenvalue weighted by atomic mass is 16.5. The van der Waals surface area contributed by atoms with Gasteiger partial charge >= 0.3 is 0 Å². The van der Waals surface area contributed by atoms with E-state index in [2.05, 4.69) is 12.3 Å². The van der Waals surface area contributed by atoms with Crippen molar-refractivity contribution in [2.75, 3.05) is 14.2 Å². The van der Waals surface area contributed by atoms with Crippen LogP contribution in [0.3, 0.4) is 0 Å². The fourth-order valence-corrected chi connectivity index (χ4v) is 1.61. The summed E-state index contributed by atoms with van der Waals surface area (Å²) in [5.41, 5.74) is 3.77. The number of methoxy groups -OCH3 is 2. The lowest BCUT2D eigenvalue weighted by molar-refractivity contribution is 0.346. The van der Waals surface area contributed by atoms with Crippen LogP contribution in [0.2, 0.25) is 0 Å². The van der Waals surface area contributed by atoms with Gasteiger partial charge in [0.1, 0.15) is 0 Å². The molecule has 0 spiro atoms. The molecule has 1 atom stereocenters. The second-order valence-corrected chi connectivity index (χ2v) is 3.21. The molecule has 15 heavy (non-hydrogen) atoms. The van der Waals surface area contributed by atoms with Gasteiger partial charge in [-0.3, -0.25) is 11.3 Å². The molecule has 3 N–H and O–H groups in total. The van der Waals surface area contributed by atoms with E-state index in [9.17, 15) is 0 Å². The summed E-state index contributed by atoms with van der Waals surface area (Å²) in [6.45, 7) is 2.06. The van der Waals surface area contributed by atoms with Crippen LogP contribution in [0.1, 0.15) is 24.9 Å². The maximum absolute atomic E-state index is 5.48. The SMILES string of the molecule is CCC(NN)c1cccc(OC)c1OC. The van der Waals surface area contributed by atoms with Crippen LogP contribution in [0.15, 0.2) is 18.2 Å². The second kappa shape index (κ2) is 5.58. The van der Waals surface area contributed by atoms with Crippen molar-refractivity contribution >= 4 is 0 Å². The molecule has 0 amide bonds. The molecule has 1 aromatic carbocycles. The second-order valence-electron chi connectivity index (χ2n) is 3.21. The van der Waals surface area contributed by atoms with Gasteiger partial charge in [-0.1, -0.05) is 19.1 Å². The fraction of sp³-hybridized carbons (Fsp3) is 0.455. The van der Waals surface area contributed by atoms with E-state index in [1.807, 2.05) is 18.2 Å². The number of nitrogens with one attached hydrogen (secondary N) is 1. The fourth-order valence-electron chi connectivity index (χ4n) is 1.61. The Morgan fingerprint density at radius 1 is 1.33 bits per heavy atom. The van der Waals surface area contributed by atoms with Gasteiger partial charge in [-0.25, -0.2) is 0 Å². The third kappa shape index (κ3) is 2.40. The summed E-state index contributed by atoms with van der Waals surface area (Å²) in [4.78, 5) is 0. The van der Waals surface area contributed by atoms with Gasteiger partial charge in [0.2, 0.25) is 0 Å². The number of hydrogen-bond acceptors (Lipinski definition) is 4. The molecule has 0 saturated heterocycles. The smallest absolute Gasteiger partial charge is 0.165 e. The molecule has 0 bridgehead atoms. The molecule has 0 aliphatic heterocycles. The van der Waals surface area contributed by atoms with Crippen LogP contribution in [0.25, 0.3) is 0 Å². The first-order valence-corrected chi connectivity index (χ1v) is 4.95. The van der Waals surface area contributed by atoms with Crippen molar-refractivity contribution in [3.63, 3.8) is 0 Å². The van der Waals surface area contributed by atoms with E-state index >= 15 is 0 Å². The monoisotopic (exact) mass is 210 g/mol. The Morgan fingerprint density at radius 2 is 2.07 bits per heavy atom. The molecule has 1 rings (SSSR count). The normalized spacial score (nSPS) is 12.3. The van der Waals surface area contributed by atoms with Crippen molar-refractivity contribution in [3.8, 4) is 11.5 Å². The molecule has 0 fully saturated rings. The van der Waals surface area contributed by atoms with Gasteiger partial charge in [-0.05, 0) is 12.5 Å². The first-order chi connectivity index (χ1) is 7.28. The first kappa shape index (κ1) is 11.8. The predicted octanol–water partition coefficient (Wildman–Crippen LogP) is 1.62. The highest BCUT2D eigenvalue weighted by Crippen LogP contribution is 2.35. The van der Waals surface area contributed by atoms with Crippen molar-refractivity contribution in [1.29, 1.82) is 0 Å².